The van der Waals surface area contributed by atoms with Gasteiger partial charge in [0, 0.05) is 15.5 Å². The van der Waals surface area contributed by atoms with E-state index in [0.29, 0.717) is 5.69 Å². The van der Waals surface area contributed by atoms with Crippen LogP contribution in [-0.4, -0.2) is 18.4 Å². The van der Waals surface area contributed by atoms with Crippen LogP contribution in [-0.2, 0) is 4.79 Å². The molecular formula is C23H22N2O3S. The van der Waals surface area contributed by atoms with Gasteiger partial charge in [-0.3, -0.25) is 9.59 Å². The van der Waals surface area contributed by atoms with E-state index in [1.165, 1.54) is 16.0 Å². The molecule has 0 bridgehead atoms. The molecule has 29 heavy (non-hydrogen) atoms. The Bertz CT molecular complexity index is 1030. The summed E-state index contributed by atoms with van der Waals surface area (Å²) in [7, 11) is 0. The van der Waals surface area contributed by atoms with Crippen molar-refractivity contribution in [3.63, 3.8) is 0 Å². The molecule has 0 saturated carbocycles. The maximum Gasteiger partial charge on any atom is 0.262 e. The third-order valence-corrected chi connectivity index (χ3v) is 5.39. The normalized spacial score (nSPS) is 10.4. The van der Waals surface area contributed by atoms with E-state index < -0.39 is 5.91 Å². The van der Waals surface area contributed by atoms with Crippen molar-refractivity contribution in [1.29, 1.82) is 0 Å². The van der Waals surface area contributed by atoms with E-state index in [4.69, 9.17) is 10.5 Å². The van der Waals surface area contributed by atoms with Crippen LogP contribution in [0.5, 0.6) is 5.75 Å². The summed E-state index contributed by atoms with van der Waals surface area (Å²) >= 11 is 1.68. The Labute approximate surface area is 174 Å². The molecule has 6 heteroatoms. The number of aryl methyl sites for hydroxylation is 2. The van der Waals surface area contributed by atoms with Crippen molar-refractivity contribution >= 4 is 29.3 Å². The average molecular weight is 407 g/mol. The minimum absolute atomic E-state index is 0.219. The van der Waals surface area contributed by atoms with Crippen molar-refractivity contribution in [2.75, 3.05) is 11.9 Å². The fourth-order valence-electron chi connectivity index (χ4n) is 2.78. The summed E-state index contributed by atoms with van der Waals surface area (Å²) in [5, 5.41) is 2.78. The molecule has 3 aromatic rings. The Morgan fingerprint density at radius 2 is 1.72 bits per heavy atom. The van der Waals surface area contributed by atoms with Crippen LogP contribution in [0.2, 0.25) is 0 Å². The lowest BCUT2D eigenvalue weighted by Gasteiger charge is -2.10. The Balaban J connectivity index is 1.57. The molecule has 0 unspecified atom stereocenters. The molecule has 0 aliphatic rings. The minimum atomic E-state index is -0.599. The van der Waals surface area contributed by atoms with Crippen LogP contribution in [0, 0.1) is 13.8 Å². The Hall–Kier alpha value is -3.25. The molecule has 0 aliphatic carbocycles. The fraction of sp³-hybridized carbons (Fsp3) is 0.130. The van der Waals surface area contributed by atoms with Gasteiger partial charge in [-0.25, -0.2) is 0 Å². The van der Waals surface area contributed by atoms with Gasteiger partial charge in [-0.2, -0.15) is 0 Å². The minimum Gasteiger partial charge on any atom is -0.483 e. The predicted octanol–water partition coefficient (Wildman–Crippen LogP) is 4.57. The number of ether oxygens (including phenoxy) is 1. The van der Waals surface area contributed by atoms with Gasteiger partial charge in [-0.1, -0.05) is 41.6 Å². The number of hydrogen-bond acceptors (Lipinski definition) is 4. The first-order valence-electron chi connectivity index (χ1n) is 9.09. The molecule has 0 radical (unpaired) electrons. The third-order valence-electron chi connectivity index (χ3n) is 4.21. The molecule has 148 valence electrons. The number of hydrogen-bond donors (Lipinski definition) is 2. The van der Waals surface area contributed by atoms with E-state index in [2.05, 4.69) is 37.4 Å². The highest BCUT2D eigenvalue weighted by molar-refractivity contribution is 7.99. The summed E-state index contributed by atoms with van der Waals surface area (Å²) in [6.07, 6.45) is 0. The molecule has 0 heterocycles. The molecule has 5 nitrogen and oxygen atoms in total. The van der Waals surface area contributed by atoms with Crippen molar-refractivity contribution in [3.05, 3.63) is 83.4 Å². The largest absolute Gasteiger partial charge is 0.483 e. The van der Waals surface area contributed by atoms with Crippen LogP contribution in [0.15, 0.2) is 76.5 Å². The summed E-state index contributed by atoms with van der Waals surface area (Å²) in [6, 6.07) is 20.6. The molecule has 2 amide bonds. The van der Waals surface area contributed by atoms with E-state index in [-0.39, 0.29) is 23.8 Å². The van der Waals surface area contributed by atoms with Crippen LogP contribution in [0.1, 0.15) is 21.5 Å². The average Bonchev–Trinajstić information content (AvgIpc) is 2.70. The van der Waals surface area contributed by atoms with Gasteiger partial charge in [0.25, 0.3) is 11.8 Å². The van der Waals surface area contributed by atoms with Crippen LogP contribution in [0.4, 0.5) is 5.69 Å². The molecule has 0 aromatic heterocycles. The smallest absolute Gasteiger partial charge is 0.262 e. The SMILES string of the molecule is Cc1ccc(Sc2ccc(NC(=O)COc3ccccc3C(N)=O)cc2)c(C)c1. The molecule has 0 spiro atoms. The second-order valence-electron chi connectivity index (χ2n) is 6.59. The van der Waals surface area contributed by atoms with Crippen molar-refractivity contribution in [2.45, 2.75) is 23.6 Å². The van der Waals surface area contributed by atoms with Crippen molar-refractivity contribution in [1.82, 2.24) is 0 Å². The van der Waals surface area contributed by atoms with Gasteiger partial charge in [-0.05, 0) is 61.9 Å². The molecule has 0 atom stereocenters. The van der Waals surface area contributed by atoms with Gasteiger partial charge >= 0.3 is 0 Å². The predicted molar refractivity (Wildman–Crippen MR) is 116 cm³/mol. The molecule has 3 aromatic carbocycles. The van der Waals surface area contributed by atoms with Crippen LogP contribution < -0.4 is 15.8 Å². The number of nitrogens with two attached hydrogens (primary N) is 1. The highest BCUT2D eigenvalue weighted by Gasteiger charge is 2.10. The van der Waals surface area contributed by atoms with Crippen molar-refractivity contribution in [2.24, 2.45) is 5.73 Å². The molecule has 0 saturated heterocycles. The van der Waals surface area contributed by atoms with E-state index in [1.54, 1.807) is 36.0 Å². The van der Waals surface area contributed by atoms with Gasteiger partial charge in [0.15, 0.2) is 6.61 Å². The lowest BCUT2D eigenvalue weighted by atomic mass is 10.2. The molecular weight excluding hydrogens is 384 g/mol. The van der Waals surface area contributed by atoms with Gasteiger partial charge in [0.05, 0.1) is 5.56 Å². The third kappa shape index (κ3) is 5.62. The van der Waals surface area contributed by atoms with Gasteiger partial charge in [0.1, 0.15) is 5.75 Å². The first-order valence-corrected chi connectivity index (χ1v) is 9.90. The Morgan fingerprint density at radius 1 is 1.00 bits per heavy atom. The zero-order valence-electron chi connectivity index (χ0n) is 16.3. The molecule has 3 rings (SSSR count). The van der Waals surface area contributed by atoms with Crippen molar-refractivity contribution in [3.8, 4) is 5.75 Å². The molecule has 0 fully saturated rings. The first kappa shape index (κ1) is 20.5. The number of carbonyl (C=O) groups excluding carboxylic acids is 2. The van der Waals surface area contributed by atoms with E-state index in [9.17, 15) is 9.59 Å². The van der Waals surface area contributed by atoms with Gasteiger partial charge in [-0.15, -0.1) is 0 Å². The standard InChI is InChI=1S/C23H22N2O3S/c1-15-7-12-21(16(2)13-15)29-18-10-8-17(9-11-18)25-22(26)14-28-20-6-4-3-5-19(20)23(24)27/h3-13H,14H2,1-2H3,(H2,24,27)(H,25,26). The lowest BCUT2D eigenvalue weighted by Crippen LogP contribution is -2.21. The fourth-order valence-corrected chi connectivity index (χ4v) is 3.67. The first-order chi connectivity index (χ1) is 13.9. The topological polar surface area (TPSA) is 81.4 Å². The maximum absolute atomic E-state index is 12.2. The zero-order valence-corrected chi connectivity index (χ0v) is 17.1. The summed E-state index contributed by atoms with van der Waals surface area (Å²) in [6.45, 7) is 3.96. The number of carbonyl (C=O) groups is 2. The summed E-state index contributed by atoms with van der Waals surface area (Å²) in [5.74, 6) is -0.632. The number of nitrogens with one attached hydrogen (secondary N) is 1. The lowest BCUT2D eigenvalue weighted by molar-refractivity contribution is -0.118. The molecule has 3 N–H and O–H groups in total. The summed E-state index contributed by atoms with van der Waals surface area (Å²) in [5.41, 5.74) is 8.70. The number of benzene rings is 3. The van der Waals surface area contributed by atoms with Crippen LogP contribution in [0.25, 0.3) is 0 Å². The number of primary amides is 1. The monoisotopic (exact) mass is 406 g/mol. The molecule has 0 aliphatic heterocycles. The van der Waals surface area contributed by atoms with Gasteiger partial charge in [0.2, 0.25) is 0 Å². The Morgan fingerprint density at radius 3 is 2.41 bits per heavy atom. The van der Waals surface area contributed by atoms with E-state index >= 15 is 0 Å². The summed E-state index contributed by atoms with van der Waals surface area (Å²) < 4.78 is 5.44. The highest BCUT2D eigenvalue weighted by Crippen LogP contribution is 2.31. The maximum atomic E-state index is 12.2. The highest BCUT2D eigenvalue weighted by atomic mass is 32.2. The second-order valence-corrected chi connectivity index (χ2v) is 7.71. The van der Waals surface area contributed by atoms with Crippen LogP contribution >= 0.6 is 11.8 Å². The number of para-hydroxylation sites is 1. The van der Waals surface area contributed by atoms with Crippen LogP contribution in [0.3, 0.4) is 0 Å². The Kier molecular flexibility index (Phi) is 6.57. The zero-order chi connectivity index (χ0) is 20.8. The second kappa shape index (κ2) is 9.30. The number of anilines is 1. The van der Waals surface area contributed by atoms with Gasteiger partial charge < -0.3 is 15.8 Å². The van der Waals surface area contributed by atoms with E-state index in [0.717, 1.165) is 4.90 Å². The number of amides is 2. The summed E-state index contributed by atoms with van der Waals surface area (Å²) in [4.78, 5) is 25.8. The quantitative estimate of drug-likeness (QED) is 0.602. The number of rotatable bonds is 7. The van der Waals surface area contributed by atoms with Crippen molar-refractivity contribution < 1.29 is 14.3 Å². The van der Waals surface area contributed by atoms with E-state index in [1.807, 2.05) is 24.3 Å².